The Morgan fingerprint density at radius 2 is 1.91 bits per heavy atom. The van der Waals surface area contributed by atoms with Crippen LogP contribution in [0.2, 0.25) is 5.02 Å². The van der Waals surface area contributed by atoms with Gasteiger partial charge in [0.15, 0.2) is 0 Å². The summed E-state index contributed by atoms with van der Waals surface area (Å²) in [6.45, 7) is 2.12. The Morgan fingerprint density at radius 1 is 1.21 bits per heavy atom. The van der Waals surface area contributed by atoms with Crippen molar-refractivity contribution >= 4 is 63.5 Å². The molecule has 3 rings (SSSR count). The van der Waals surface area contributed by atoms with Crippen LogP contribution in [0.15, 0.2) is 65.1 Å². The molecule has 0 bridgehead atoms. The summed E-state index contributed by atoms with van der Waals surface area (Å²) >= 11 is 12.1. The summed E-state index contributed by atoms with van der Waals surface area (Å²) in [6.07, 6.45) is -0.589. The van der Waals surface area contributed by atoms with Crippen LogP contribution in [-0.4, -0.2) is 27.6 Å². The van der Waals surface area contributed by atoms with Crippen LogP contribution in [0.25, 0.3) is 6.08 Å². The quantitative estimate of drug-likeness (QED) is 0.315. The third kappa shape index (κ3) is 6.94. The van der Waals surface area contributed by atoms with Crippen LogP contribution in [0.5, 0.6) is 0 Å². The SMILES string of the molecule is CC(/C=C1\SC(=S)N(CCCC(=O)Nc2ccc(Cl)c(C(F)(F)F)c2)C1=O)=C\c1ccccc1. The van der Waals surface area contributed by atoms with Gasteiger partial charge in [-0.25, -0.2) is 0 Å². The summed E-state index contributed by atoms with van der Waals surface area (Å²) in [4.78, 5) is 26.9. The number of thioether (sulfide) groups is 1. The maximum Gasteiger partial charge on any atom is 0.417 e. The number of hydrogen-bond acceptors (Lipinski definition) is 4. The monoisotopic (exact) mass is 524 g/mol. The molecule has 0 spiro atoms. The van der Waals surface area contributed by atoms with Crippen LogP contribution >= 0.6 is 35.6 Å². The second-order valence-electron chi connectivity index (χ2n) is 7.48. The molecule has 1 aliphatic rings. The molecule has 1 fully saturated rings. The van der Waals surface area contributed by atoms with Gasteiger partial charge in [-0.3, -0.25) is 14.5 Å². The predicted molar refractivity (Wildman–Crippen MR) is 134 cm³/mol. The molecular weight excluding hydrogens is 505 g/mol. The number of amides is 2. The van der Waals surface area contributed by atoms with E-state index in [1.54, 1.807) is 6.08 Å². The first kappa shape index (κ1) is 26.0. The van der Waals surface area contributed by atoms with Crippen molar-refractivity contribution in [1.29, 1.82) is 0 Å². The van der Waals surface area contributed by atoms with Crippen molar-refractivity contribution < 1.29 is 22.8 Å². The van der Waals surface area contributed by atoms with Gasteiger partial charge in [-0.2, -0.15) is 13.2 Å². The lowest BCUT2D eigenvalue weighted by Crippen LogP contribution is -2.29. The number of alkyl halides is 3. The predicted octanol–water partition coefficient (Wildman–Crippen LogP) is 6.93. The van der Waals surface area contributed by atoms with Gasteiger partial charge in [0.05, 0.1) is 15.5 Å². The van der Waals surface area contributed by atoms with E-state index in [-0.39, 0.29) is 24.6 Å². The molecule has 178 valence electrons. The summed E-state index contributed by atoms with van der Waals surface area (Å²) in [5.74, 6) is -0.707. The lowest BCUT2D eigenvalue weighted by Gasteiger charge is -2.14. The number of halogens is 4. The van der Waals surface area contributed by atoms with Crippen LogP contribution in [0.1, 0.15) is 30.9 Å². The molecular formula is C24H20ClF3N2O2S2. The Hall–Kier alpha value is -2.62. The second kappa shape index (κ2) is 11.2. The number of carbonyl (C=O) groups is 2. The molecule has 0 atom stereocenters. The molecule has 1 saturated heterocycles. The standard InChI is InChI=1S/C24H20ClF3N2O2S2/c1-15(12-16-6-3-2-4-7-16)13-20-22(32)30(23(33)34-20)11-5-8-21(31)29-17-9-10-19(25)18(14-17)24(26,27)28/h2-4,6-7,9-10,12-14H,5,8,11H2,1H3,(H,29,31)/b15-12+,20-13-. The van der Waals surface area contributed by atoms with Crippen LogP contribution < -0.4 is 5.32 Å². The average Bonchev–Trinajstić information content (AvgIpc) is 3.02. The molecule has 2 aromatic rings. The van der Waals surface area contributed by atoms with Crippen molar-refractivity contribution in [2.45, 2.75) is 25.9 Å². The van der Waals surface area contributed by atoms with Crippen LogP contribution in [0.3, 0.4) is 0 Å². The number of carbonyl (C=O) groups excluding carboxylic acids is 2. The topological polar surface area (TPSA) is 49.4 Å². The maximum absolute atomic E-state index is 13.0. The van der Waals surface area contributed by atoms with Gasteiger partial charge in [0.2, 0.25) is 5.91 Å². The first-order chi connectivity index (χ1) is 16.0. The third-order valence-corrected chi connectivity index (χ3v) is 6.47. The molecule has 0 saturated carbocycles. The zero-order chi connectivity index (χ0) is 24.9. The number of benzene rings is 2. The molecule has 1 heterocycles. The number of hydrogen-bond donors (Lipinski definition) is 1. The highest BCUT2D eigenvalue weighted by atomic mass is 35.5. The number of anilines is 1. The van der Waals surface area contributed by atoms with Gasteiger partial charge in [0.1, 0.15) is 4.32 Å². The van der Waals surface area contributed by atoms with E-state index in [0.29, 0.717) is 15.6 Å². The fourth-order valence-electron chi connectivity index (χ4n) is 3.19. The molecule has 1 aliphatic heterocycles. The highest BCUT2D eigenvalue weighted by Crippen LogP contribution is 2.36. The van der Waals surface area contributed by atoms with Gasteiger partial charge in [-0.1, -0.05) is 72.0 Å². The zero-order valence-electron chi connectivity index (χ0n) is 18.0. The molecule has 2 aromatic carbocycles. The molecule has 0 radical (unpaired) electrons. The molecule has 1 N–H and O–H groups in total. The fourth-order valence-corrected chi connectivity index (χ4v) is 4.78. The number of rotatable bonds is 7. The first-order valence-electron chi connectivity index (χ1n) is 10.2. The second-order valence-corrected chi connectivity index (χ2v) is 9.56. The van der Waals surface area contributed by atoms with Crippen molar-refractivity contribution in [3.63, 3.8) is 0 Å². The van der Waals surface area contributed by atoms with E-state index >= 15 is 0 Å². The Bertz CT molecular complexity index is 1160. The molecule has 0 unspecified atom stereocenters. The molecule has 10 heteroatoms. The van der Waals surface area contributed by atoms with E-state index in [0.717, 1.165) is 23.3 Å². The summed E-state index contributed by atoms with van der Waals surface area (Å²) in [6, 6.07) is 12.9. The Kier molecular flexibility index (Phi) is 8.57. The van der Waals surface area contributed by atoms with E-state index < -0.39 is 22.7 Å². The molecule has 34 heavy (non-hydrogen) atoms. The normalized spacial score (nSPS) is 15.9. The number of thiocarbonyl (C=S) groups is 1. The van der Waals surface area contributed by atoms with Crippen molar-refractivity contribution in [2.24, 2.45) is 0 Å². The highest BCUT2D eigenvalue weighted by Gasteiger charge is 2.34. The largest absolute Gasteiger partial charge is 0.417 e. The van der Waals surface area contributed by atoms with Gasteiger partial charge < -0.3 is 5.32 Å². The van der Waals surface area contributed by atoms with E-state index in [1.165, 1.54) is 22.7 Å². The fraction of sp³-hybridized carbons (Fsp3) is 0.208. The van der Waals surface area contributed by atoms with E-state index in [2.05, 4.69) is 5.32 Å². The van der Waals surface area contributed by atoms with Crippen LogP contribution in [0, 0.1) is 0 Å². The van der Waals surface area contributed by atoms with Crippen molar-refractivity contribution in [3.05, 3.63) is 81.2 Å². The Labute approximate surface area is 209 Å². The van der Waals surface area contributed by atoms with Crippen LogP contribution in [0.4, 0.5) is 18.9 Å². The summed E-state index contributed by atoms with van der Waals surface area (Å²) in [7, 11) is 0. The Morgan fingerprint density at radius 3 is 2.59 bits per heavy atom. The lowest BCUT2D eigenvalue weighted by atomic mass is 10.1. The van der Waals surface area contributed by atoms with Crippen molar-refractivity contribution in [1.82, 2.24) is 4.90 Å². The minimum Gasteiger partial charge on any atom is -0.326 e. The van der Waals surface area contributed by atoms with Gasteiger partial charge in [0, 0.05) is 18.7 Å². The van der Waals surface area contributed by atoms with E-state index in [9.17, 15) is 22.8 Å². The van der Waals surface area contributed by atoms with Gasteiger partial charge in [-0.05, 0) is 48.8 Å². The molecule has 0 aromatic heterocycles. The van der Waals surface area contributed by atoms with Gasteiger partial charge in [0.25, 0.3) is 5.91 Å². The first-order valence-corrected chi connectivity index (χ1v) is 11.8. The zero-order valence-corrected chi connectivity index (χ0v) is 20.4. The Balaban J connectivity index is 1.55. The van der Waals surface area contributed by atoms with E-state index in [1.807, 2.05) is 43.3 Å². The van der Waals surface area contributed by atoms with Gasteiger partial charge >= 0.3 is 6.18 Å². The van der Waals surface area contributed by atoms with Crippen molar-refractivity contribution in [2.75, 3.05) is 11.9 Å². The lowest BCUT2D eigenvalue weighted by molar-refractivity contribution is -0.137. The summed E-state index contributed by atoms with van der Waals surface area (Å²) in [5.41, 5.74) is 0.886. The summed E-state index contributed by atoms with van der Waals surface area (Å²) < 4.78 is 39.3. The average molecular weight is 525 g/mol. The highest BCUT2D eigenvalue weighted by molar-refractivity contribution is 8.26. The van der Waals surface area contributed by atoms with E-state index in [4.69, 9.17) is 23.8 Å². The van der Waals surface area contributed by atoms with Crippen LogP contribution in [-0.2, 0) is 15.8 Å². The molecule has 4 nitrogen and oxygen atoms in total. The minimum atomic E-state index is -4.62. The molecule has 2 amide bonds. The van der Waals surface area contributed by atoms with Gasteiger partial charge in [-0.15, -0.1) is 0 Å². The number of nitrogens with zero attached hydrogens (tertiary/aromatic N) is 1. The number of allylic oxidation sites excluding steroid dienone is 2. The number of nitrogens with one attached hydrogen (secondary N) is 1. The minimum absolute atomic E-state index is 0.00375. The third-order valence-electron chi connectivity index (χ3n) is 4.77. The van der Waals surface area contributed by atoms with Crippen molar-refractivity contribution in [3.8, 4) is 0 Å². The smallest absolute Gasteiger partial charge is 0.326 e. The maximum atomic E-state index is 13.0. The molecule has 0 aliphatic carbocycles. The summed E-state index contributed by atoms with van der Waals surface area (Å²) in [5, 5.41) is 1.99.